The number of sulfonamides is 1. The van der Waals surface area contributed by atoms with Crippen molar-refractivity contribution in [3.8, 4) is 17.1 Å². The fourth-order valence-corrected chi connectivity index (χ4v) is 3.17. The lowest BCUT2D eigenvalue weighted by molar-refractivity contribution is 0.415. The van der Waals surface area contributed by atoms with Crippen molar-refractivity contribution in [1.82, 2.24) is 0 Å². The lowest BCUT2D eigenvalue weighted by Gasteiger charge is -2.06. The number of methoxy groups -OCH3 is 1. The zero-order valence-electron chi connectivity index (χ0n) is 13.9. The molecule has 1 heterocycles. The molecule has 8 heteroatoms. The summed E-state index contributed by atoms with van der Waals surface area (Å²) in [5.74, 6) is 2.02. The molecule has 0 unspecified atom stereocenters. The largest absolute Gasteiger partial charge is 0.495 e. The van der Waals surface area contributed by atoms with E-state index in [9.17, 15) is 8.42 Å². The summed E-state index contributed by atoms with van der Waals surface area (Å²) in [6.45, 7) is 0.443. The maximum Gasteiger partial charge on any atom is 0.238 e. The van der Waals surface area contributed by atoms with Gasteiger partial charge in [0, 0.05) is 11.3 Å². The van der Waals surface area contributed by atoms with Gasteiger partial charge in [-0.15, -0.1) is 0 Å². The number of rotatable bonds is 6. The summed E-state index contributed by atoms with van der Waals surface area (Å²) < 4.78 is 33.5. The summed E-state index contributed by atoms with van der Waals surface area (Å²) in [4.78, 5) is 0.0692. The van der Waals surface area contributed by atoms with E-state index in [-0.39, 0.29) is 4.90 Å². The minimum absolute atomic E-state index is 0.0692. The van der Waals surface area contributed by atoms with Gasteiger partial charge in [0.25, 0.3) is 0 Å². The topological polar surface area (TPSA) is 94.6 Å². The van der Waals surface area contributed by atoms with Crippen molar-refractivity contribution < 1.29 is 17.6 Å². The normalized spacial score (nSPS) is 11.3. The van der Waals surface area contributed by atoms with Crippen LogP contribution in [0.25, 0.3) is 11.3 Å². The van der Waals surface area contributed by atoms with Crippen LogP contribution < -0.4 is 15.2 Å². The maximum atomic E-state index is 11.3. The van der Waals surface area contributed by atoms with Crippen LogP contribution in [0.4, 0.5) is 5.69 Å². The van der Waals surface area contributed by atoms with Crippen LogP contribution in [0.5, 0.6) is 5.75 Å². The summed E-state index contributed by atoms with van der Waals surface area (Å²) >= 11 is 6.14. The Balaban J connectivity index is 1.68. The van der Waals surface area contributed by atoms with E-state index in [1.807, 2.05) is 18.2 Å². The summed E-state index contributed by atoms with van der Waals surface area (Å²) in [5.41, 5.74) is 1.60. The quantitative estimate of drug-likeness (QED) is 0.664. The van der Waals surface area contributed by atoms with Crippen molar-refractivity contribution in [2.75, 3.05) is 12.4 Å². The van der Waals surface area contributed by atoms with Crippen LogP contribution in [0.2, 0.25) is 5.02 Å². The van der Waals surface area contributed by atoms with E-state index in [0.29, 0.717) is 23.1 Å². The summed E-state index contributed by atoms with van der Waals surface area (Å²) in [6, 6.07) is 15.3. The molecular formula is C18H17ClN2O4S. The molecule has 0 saturated carbocycles. The Hall–Kier alpha value is -2.48. The Morgan fingerprint density at radius 3 is 2.46 bits per heavy atom. The molecule has 0 aliphatic rings. The minimum atomic E-state index is -3.69. The van der Waals surface area contributed by atoms with Gasteiger partial charge >= 0.3 is 0 Å². The zero-order chi connectivity index (χ0) is 18.7. The molecule has 0 aliphatic heterocycles. The van der Waals surface area contributed by atoms with Crippen molar-refractivity contribution >= 4 is 27.3 Å². The fraction of sp³-hybridized carbons (Fsp3) is 0.111. The lowest BCUT2D eigenvalue weighted by atomic mass is 10.2. The minimum Gasteiger partial charge on any atom is -0.495 e. The summed E-state index contributed by atoms with van der Waals surface area (Å²) in [7, 11) is -2.13. The van der Waals surface area contributed by atoms with Gasteiger partial charge < -0.3 is 14.5 Å². The van der Waals surface area contributed by atoms with Crippen LogP contribution in [0.1, 0.15) is 5.76 Å². The SMILES string of the molecule is COc1ccc(-c2ccc(CNc3ccc(S(N)(=O)=O)cc3)o2)cc1Cl. The highest BCUT2D eigenvalue weighted by Gasteiger charge is 2.09. The molecule has 136 valence electrons. The van der Waals surface area contributed by atoms with E-state index in [1.54, 1.807) is 31.4 Å². The highest BCUT2D eigenvalue weighted by atomic mass is 35.5. The van der Waals surface area contributed by atoms with E-state index in [2.05, 4.69) is 5.32 Å². The fourth-order valence-electron chi connectivity index (χ4n) is 2.40. The second kappa shape index (κ2) is 7.41. The first-order valence-electron chi connectivity index (χ1n) is 7.66. The molecule has 0 fully saturated rings. The van der Waals surface area contributed by atoms with Gasteiger partial charge in [-0.1, -0.05) is 11.6 Å². The van der Waals surface area contributed by atoms with Gasteiger partial charge in [0.1, 0.15) is 17.3 Å². The van der Waals surface area contributed by atoms with Gasteiger partial charge in [-0.3, -0.25) is 0 Å². The third-order valence-corrected chi connectivity index (χ3v) is 4.97. The van der Waals surface area contributed by atoms with Crippen molar-refractivity contribution in [2.24, 2.45) is 5.14 Å². The molecule has 0 aliphatic carbocycles. The van der Waals surface area contributed by atoms with E-state index < -0.39 is 10.0 Å². The Labute approximate surface area is 156 Å². The van der Waals surface area contributed by atoms with E-state index in [4.69, 9.17) is 25.9 Å². The molecule has 2 aromatic carbocycles. The Morgan fingerprint density at radius 2 is 1.85 bits per heavy atom. The molecule has 3 N–H and O–H groups in total. The number of anilines is 1. The molecule has 0 bridgehead atoms. The van der Waals surface area contributed by atoms with Crippen LogP contribution in [0.3, 0.4) is 0 Å². The number of hydrogen-bond acceptors (Lipinski definition) is 5. The number of hydrogen-bond donors (Lipinski definition) is 2. The second-order valence-corrected chi connectivity index (χ2v) is 7.51. The zero-order valence-corrected chi connectivity index (χ0v) is 15.5. The predicted molar refractivity (Wildman–Crippen MR) is 101 cm³/mol. The molecule has 0 spiro atoms. The molecule has 1 aromatic heterocycles. The van der Waals surface area contributed by atoms with Gasteiger partial charge in [0.2, 0.25) is 10.0 Å². The average molecular weight is 393 g/mol. The van der Waals surface area contributed by atoms with E-state index >= 15 is 0 Å². The predicted octanol–water partition coefficient (Wildman–Crippen LogP) is 3.87. The molecule has 26 heavy (non-hydrogen) atoms. The number of nitrogens with one attached hydrogen (secondary N) is 1. The van der Waals surface area contributed by atoms with Crippen LogP contribution >= 0.6 is 11.6 Å². The van der Waals surface area contributed by atoms with Crippen LogP contribution in [0, 0.1) is 0 Å². The lowest BCUT2D eigenvalue weighted by Crippen LogP contribution is -2.11. The number of halogens is 1. The van der Waals surface area contributed by atoms with Crippen molar-refractivity contribution in [1.29, 1.82) is 0 Å². The number of benzene rings is 2. The van der Waals surface area contributed by atoms with Crippen molar-refractivity contribution in [3.05, 3.63) is 65.4 Å². The summed E-state index contributed by atoms with van der Waals surface area (Å²) in [6.07, 6.45) is 0. The molecule has 0 saturated heterocycles. The highest BCUT2D eigenvalue weighted by Crippen LogP contribution is 2.31. The molecular weight excluding hydrogens is 376 g/mol. The number of primary sulfonamides is 1. The highest BCUT2D eigenvalue weighted by molar-refractivity contribution is 7.89. The van der Waals surface area contributed by atoms with Crippen LogP contribution in [-0.4, -0.2) is 15.5 Å². The third kappa shape index (κ3) is 4.19. The number of ether oxygens (including phenoxy) is 1. The van der Waals surface area contributed by atoms with Gasteiger partial charge in [0.05, 0.1) is 23.6 Å². The smallest absolute Gasteiger partial charge is 0.238 e. The standard InChI is InChI=1S/C18H17ClN2O4S/c1-24-18-8-2-12(10-16(18)19)17-9-5-14(25-17)11-21-13-3-6-15(7-4-13)26(20,22)23/h2-10,21H,11H2,1H3,(H2,20,22,23). The third-order valence-electron chi connectivity index (χ3n) is 3.75. The first kappa shape index (κ1) is 18.3. The number of furan rings is 1. The Kier molecular flexibility index (Phi) is 5.22. The molecule has 0 atom stereocenters. The maximum absolute atomic E-state index is 11.3. The Morgan fingerprint density at radius 1 is 1.12 bits per heavy atom. The van der Waals surface area contributed by atoms with Crippen LogP contribution in [-0.2, 0) is 16.6 Å². The first-order valence-corrected chi connectivity index (χ1v) is 9.58. The van der Waals surface area contributed by atoms with Gasteiger partial charge in [-0.2, -0.15) is 0 Å². The van der Waals surface area contributed by atoms with Crippen molar-refractivity contribution in [3.63, 3.8) is 0 Å². The number of nitrogens with two attached hydrogens (primary N) is 1. The van der Waals surface area contributed by atoms with Crippen LogP contribution in [0.15, 0.2) is 63.9 Å². The molecule has 0 amide bonds. The van der Waals surface area contributed by atoms with Gasteiger partial charge in [-0.05, 0) is 54.6 Å². The summed E-state index contributed by atoms with van der Waals surface area (Å²) in [5, 5.41) is 8.75. The first-order chi connectivity index (χ1) is 12.4. The van der Waals surface area contributed by atoms with Crippen molar-refractivity contribution in [2.45, 2.75) is 11.4 Å². The van der Waals surface area contributed by atoms with Gasteiger partial charge in [0.15, 0.2) is 0 Å². The molecule has 0 radical (unpaired) electrons. The second-order valence-electron chi connectivity index (χ2n) is 5.54. The van der Waals surface area contributed by atoms with E-state index in [0.717, 1.165) is 17.0 Å². The molecule has 6 nitrogen and oxygen atoms in total. The van der Waals surface area contributed by atoms with E-state index in [1.165, 1.54) is 12.1 Å². The molecule has 3 rings (SSSR count). The monoisotopic (exact) mass is 392 g/mol. The molecule has 3 aromatic rings. The average Bonchev–Trinajstić information content (AvgIpc) is 3.08. The Bertz CT molecular complexity index is 1010. The van der Waals surface area contributed by atoms with Gasteiger partial charge in [-0.25, -0.2) is 13.6 Å².